The fourth-order valence-electron chi connectivity index (χ4n) is 2.44. The lowest BCUT2D eigenvalue weighted by molar-refractivity contribution is -0.121. The first-order valence-electron chi connectivity index (χ1n) is 8.49. The molecule has 2 amide bonds. The molecule has 1 unspecified atom stereocenters. The fraction of sp³-hybridized carbons (Fsp3) is 0.400. The predicted molar refractivity (Wildman–Crippen MR) is 103 cm³/mol. The SMILES string of the molecule is CC(NC(=O)CCNC(=O)c1ccc(C(C)(C)C)cc1)c1cccs1. The van der Waals surface area contributed by atoms with Gasteiger partial charge in [0.2, 0.25) is 5.91 Å². The van der Waals surface area contributed by atoms with E-state index in [4.69, 9.17) is 0 Å². The van der Waals surface area contributed by atoms with Crippen molar-refractivity contribution in [3.05, 3.63) is 57.8 Å². The maximum Gasteiger partial charge on any atom is 0.251 e. The van der Waals surface area contributed by atoms with Gasteiger partial charge in [-0.15, -0.1) is 11.3 Å². The summed E-state index contributed by atoms with van der Waals surface area (Å²) < 4.78 is 0. The maximum absolute atomic E-state index is 12.2. The molecule has 0 aliphatic rings. The molecule has 0 radical (unpaired) electrons. The van der Waals surface area contributed by atoms with E-state index in [-0.39, 0.29) is 29.7 Å². The molecule has 0 bridgehead atoms. The van der Waals surface area contributed by atoms with Gasteiger partial charge in [0.1, 0.15) is 0 Å². The Morgan fingerprint density at radius 2 is 1.80 bits per heavy atom. The van der Waals surface area contributed by atoms with Crippen molar-refractivity contribution in [3.63, 3.8) is 0 Å². The lowest BCUT2D eigenvalue weighted by atomic mass is 9.87. The number of rotatable bonds is 6. The minimum atomic E-state index is -0.153. The smallest absolute Gasteiger partial charge is 0.251 e. The van der Waals surface area contributed by atoms with Crippen molar-refractivity contribution in [1.82, 2.24) is 10.6 Å². The molecule has 1 aromatic heterocycles. The van der Waals surface area contributed by atoms with E-state index >= 15 is 0 Å². The third-order valence-corrected chi connectivity index (χ3v) is 5.05. The van der Waals surface area contributed by atoms with Gasteiger partial charge >= 0.3 is 0 Å². The number of carbonyl (C=O) groups excluding carboxylic acids is 2. The summed E-state index contributed by atoms with van der Waals surface area (Å²) in [5.74, 6) is -0.219. The van der Waals surface area contributed by atoms with Crippen molar-refractivity contribution >= 4 is 23.2 Å². The molecule has 0 saturated heterocycles. The van der Waals surface area contributed by atoms with Crippen LogP contribution < -0.4 is 10.6 Å². The van der Waals surface area contributed by atoms with E-state index in [9.17, 15) is 9.59 Å². The van der Waals surface area contributed by atoms with Gasteiger partial charge < -0.3 is 10.6 Å². The average molecular weight is 359 g/mol. The van der Waals surface area contributed by atoms with Gasteiger partial charge in [-0.3, -0.25) is 9.59 Å². The van der Waals surface area contributed by atoms with Crippen LogP contribution in [-0.2, 0) is 10.2 Å². The van der Waals surface area contributed by atoms with Gasteiger partial charge in [-0.2, -0.15) is 0 Å². The Morgan fingerprint density at radius 3 is 2.36 bits per heavy atom. The molecular formula is C20H26N2O2S. The van der Waals surface area contributed by atoms with Crippen LogP contribution in [0.15, 0.2) is 41.8 Å². The van der Waals surface area contributed by atoms with Crippen LogP contribution >= 0.6 is 11.3 Å². The lowest BCUT2D eigenvalue weighted by Gasteiger charge is -2.19. The van der Waals surface area contributed by atoms with Crippen molar-refractivity contribution in [2.45, 2.75) is 45.6 Å². The van der Waals surface area contributed by atoms with E-state index in [0.29, 0.717) is 12.1 Å². The average Bonchev–Trinajstić information content (AvgIpc) is 3.08. The largest absolute Gasteiger partial charge is 0.352 e. The molecule has 2 rings (SSSR count). The third-order valence-electron chi connectivity index (χ3n) is 4.00. The molecule has 4 nitrogen and oxygen atoms in total. The molecule has 0 saturated carbocycles. The maximum atomic E-state index is 12.2. The Labute approximate surface area is 153 Å². The first kappa shape index (κ1) is 19.2. The molecule has 0 spiro atoms. The van der Waals surface area contributed by atoms with Gasteiger partial charge in [0.05, 0.1) is 6.04 Å². The quantitative estimate of drug-likeness (QED) is 0.819. The minimum absolute atomic E-state index is 0.00635. The summed E-state index contributed by atoms with van der Waals surface area (Å²) in [6.07, 6.45) is 0.265. The first-order chi connectivity index (χ1) is 11.8. The summed E-state index contributed by atoms with van der Waals surface area (Å²) in [4.78, 5) is 25.2. The van der Waals surface area contributed by atoms with Gasteiger partial charge in [0.15, 0.2) is 0 Å². The Hall–Kier alpha value is -2.14. The van der Waals surface area contributed by atoms with Crippen LogP contribution in [0.1, 0.15) is 61.0 Å². The summed E-state index contributed by atoms with van der Waals surface area (Å²) >= 11 is 1.62. The van der Waals surface area contributed by atoms with E-state index in [1.807, 2.05) is 48.7 Å². The Kier molecular flexibility index (Phi) is 6.37. The first-order valence-corrected chi connectivity index (χ1v) is 9.37. The van der Waals surface area contributed by atoms with E-state index < -0.39 is 0 Å². The lowest BCUT2D eigenvalue weighted by Crippen LogP contribution is -2.31. The van der Waals surface area contributed by atoms with Crippen LogP contribution in [0.3, 0.4) is 0 Å². The molecule has 1 heterocycles. The molecule has 5 heteroatoms. The fourth-order valence-corrected chi connectivity index (χ4v) is 3.17. The number of hydrogen-bond acceptors (Lipinski definition) is 3. The summed E-state index contributed by atoms with van der Waals surface area (Å²) in [6, 6.07) is 11.6. The minimum Gasteiger partial charge on any atom is -0.352 e. The number of benzene rings is 1. The molecular weight excluding hydrogens is 332 g/mol. The monoisotopic (exact) mass is 358 g/mol. The van der Waals surface area contributed by atoms with Crippen molar-refractivity contribution in [3.8, 4) is 0 Å². The predicted octanol–water partition coefficient (Wildman–Crippen LogP) is 4.04. The second kappa shape index (κ2) is 8.30. The zero-order chi connectivity index (χ0) is 18.4. The number of thiophene rings is 1. The topological polar surface area (TPSA) is 58.2 Å². The molecule has 0 aliphatic heterocycles. The Morgan fingerprint density at radius 1 is 1.12 bits per heavy atom. The highest BCUT2D eigenvalue weighted by molar-refractivity contribution is 7.10. The van der Waals surface area contributed by atoms with Crippen molar-refractivity contribution in [1.29, 1.82) is 0 Å². The van der Waals surface area contributed by atoms with Crippen LogP contribution in [-0.4, -0.2) is 18.4 Å². The normalized spacial score (nSPS) is 12.5. The summed E-state index contributed by atoms with van der Waals surface area (Å²) in [5, 5.41) is 7.73. The van der Waals surface area contributed by atoms with Gasteiger partial charge in [0, 0.05) is 23.4 Å². The Balaban J connectivity index is 1.77. The second-order valence-electron chi connectivity index (χ2n) is 7.14. The van der Waals surface area contributed by atoms with E-state index in [1.54, 1.807) is 11.3 Å². The van der Waals surface area contributed by atoms with Crippen LogP contribution in [0.25, 0.3) is 0 Å². The van der Waals surface area contributed by atoms with Gasteiger partial charge in [0.25, 0.3) is 5.91 Å². The summed E-state index contributed by atoms with van der Waals surface area (Å²) in [6.45, 7) is 8.69. The Bertz CT molecular complexity index is 700. The van der Waals surface area contributed by atoms with Crippen molar-refractivity contribution < 1.29 is 9.59 Å². The second-order valence-corrected chi connectivity index (χ2v) is 8.12. The van der Waals surface area contributed by atoms with E-state index in [2.05, 4.69) is 31.4 Å². The van der Waals surface area contributed by atoms with Gasteiger partial charge in [-0.25, -0.2) is 0 Å². The molecule has 2 N–H and O–H groups in total. The third kappa shape index (κ3) is 5.71. The van der Waals surface area contributed by atoms with Crippen molar-refractivity contribution in [2.75, 3.05) is 6.54 Å². The molecule has 25 heavy (non-hydrogen) atoms. The zero-order valence-corrected chi connectivity index (χ0v) is 16.1. The molecule has 0 fully saturated rings. The van der Waals surface area contributed by atoms with Crippen LogP contribution in [0.2, 0.25) is 0 Å². The van der Waals surface area contributed by atoms with E-state index in [1.165, 1.54) is 5.56 Å². The van der Waals surface area contributed by atoms with Gasteiger partial charge in [-0.05, 0) is 41.5 Å². The summed E-state index contributed by atoms with van der Waals surface area (Å²) in [7, 11) is 0. The van der Waals surface area contributed by atoms with Crippen LogP contribution in [0, 0.1) is 0 Å². The molecule has 0 aliphatic carbocycles. The van der Waals surface area contributed by atoms with Crippen LogP contribution in [0.4, 0.5) is 0 Å². The van der Waals surface area contributed by atoms with Crippen LogP contribution in [0.5, 0.6) is 0 Å². The number of carbonyl (C=O) groups is 2. The highest BCUT2D eigenvalue weighted by atomic mass is 32.1. The number of amides is 2. The number of hydrogen-bond donors (Lipinski definition) is 2. The van der Waals surface area contributed by atoms with E-state index in [0.717, 1.165) is 4.88 Å². The summed E-state index contributed by atoms with van der Waals surface area (Å²) in [5.41, 5.74) is 1.86. The molecule has 1 atom stereocenters. The standard InChI is InChI=1S/C20H26N2O2S/c1-14(17-6-5-13-25-17)22-18(23)11-12-21-19(24)15-7-9-16(10-8-15)20(2,3)4/h5-10,13-14H,11-12H2,1-4H3,(H,21,24)(H,22,23). The highest BCUT2D eigenvalue weighted by Gasteiger charge is 2.14. The molecule has 134 valence electrons. The number of nitrogens with one attached hydrogen (secondary N) is 2. The molecule has 1 aromatic carbocycles. The van der Waals surface area contributed by atoms with Crippen molar-refractivity contribution in [2.24, 2.45) is 0 Å². The van der Waals surface area contributed by atoms with Gasteiger partial charge in [-0.1, -0.05) is 39.0 Å². The highest BCUT2D eigenvalue weighted by Crippen LogP contribution is 2.22. The molecule has 2 aromatic rings. The zero-order valence-electron chi connectivity index (χ0n) is 15.3.